The number of rotatable bonds is 1. The summed E-state index contributed by atoms with van der Waals surface area (Å²) in [6.45, 7) is 4.64. The van der Waals surface area contributed by atoms with E-state index in [4.69, 9.17) is 14.9 Å². The number of phenols is 1. The van der Waals surface area contributed by atoms with Crippen LogP contribution in [-0.4, -0.2) is 69.2 Å². The highest BCUT2D eigenvalue weighted by Crippen LogP contribution is 2.40. The number of aromatic hydroxyl groups is 1. The van der Waals surface area contributed by atoms with Gasteiger partial charge in [-0.15, -0.1) is 0 Å². The van der Waals surface area contributed by atoms with Crippen molar-refractivity contribution in [3.8, 4) is 11.5 Å². The second-order valence-electron chi connectivity index (χ2n) is 10.1. The van der Waals surface area contributed by atoms with Crippen LogP contribution in [-0.2, 0) is 0 Å². The first-order chi connectivity index (χ1) is 17.3. The van der Waals surface area contributed by atoms with Crippen molar-refractivity contribution in [1.82, 2.24) is 4.98 Å². The number of nitrogens with two attached hydrogens (primary N) is 1. The fourth-order valence-electron chi connectivity index (χ4n) is 5.13. The van der Waals surface area contributed by atoms with Crippen LogP contribution >= 0.6 is 0 Å². The molecule has 2 aliphatic heterocycles. The third kappa shape index (κ3) is 3.16. The van der Waals surface area contributed by atoms with Crippen molar-refractivity contribution in [2.45, 2.75) is 19.6 Å². The summed E-state index contributed by atoms with van der Waals surface area (Å²) >= 11 is 0. The van der Waals surface area contributed by atoms with Gasteiger partial charge in [-0.05, 0) is 6.92 Å². The average Bonchev–Trinajstić information content (AvgIpc) is 3.08. The zero-order valence-electron chi connectivity index (χ0n) is 20.3. The number of likely N-dealkylation sites (N-methyl/N-ethyl adjacent to an activating group) is 1. The number of anilines is 2. The van der Waals surface area contributed by atoms with E-state index in [9.17, 15) is 30.1 Å². The molecule has 1 saturated heterocycles. The monoisotopic (exact) mass is 509 g/mol. The first-order valence-electron chi connectivity index (χ1n) is 11.7. The maximum atomic E-state index is 13.3. The number of benzene rings is 3. The first kappa shape index (κ1) is 23.3. The molecule has 4 aromatic rings. The minimum atomic E-state index is -2.12. The van der Waals surface area contributed by atoms with Gasteiger partial charge < -0.3 is 35.1 Å². The van der Waals surface area contributed by atoms with Crippen LogP contribution < -0.4 is 31.4 Å². The Morgan fingerprint density at radius 3 is 2.49 bits per heavy atom. The summed E-state index contributed by atoms with van der Waals surface area (Å²) in [7, 11) is 1.71. The Bertz CT molecular complexity index is 1850. The summed E-state index contributed by atoms with van der Waals surface area (Å²) < 4.78 is 11.4. The number of nitrogens with zero attached hydrogens (tertiary/aromatic N) is 3. The predicted octanol–water partition coefficient (Wildman–Crippen LogP) is 0.593. The van der Waals surface area contributed by atoms with E-state index in [1.807, 2.05) is 4.90 Å². The minimum absolute atomic E-state index is 0.0306. The number of piperazine rings is 1. The van der Waals surface area contributed by atoms with Gasteiger partial charge in [-0.2, -0.15) is 4.65 Å². The number of fused-ring (bicyclic) bond motifs is 6. The molecule has 0 radical (unpaired) electrons. The maximum absolute atomic E-state index is 13.3. The Kier molecular flexibility index (Phi) is 4.54. The SMILES string of the molecule is Cc1c2c(c3c(c1O)c(=O)c(N)c1oc4cc(N5CC[N+](C)(O)CC5)cc(=O)c4nc13)=C(O)C(C)(O)O2. The fourth-order valence-corrected chi connectivity index (χ4v) is 5.13. The van der Waals surface area contributed by atoms with Gasteiger partial charge in [0, 0.05) is 35.7 Å². The van der Waals surface area contributed by atoms with Crippen molar-refractivity contribution in [3.05, 3.63) is 43.4 Å². The summed E-state index contributed by atoms with van der Waals surface area (Å²) in [5, 5.41) is 42.1. The summed E-state index contributed by atoms with van der Waals surface area (Å²) in [6.07, 6.45) is 0. The number of aromatic nitrogens is 1. The highest BCUT2D eigenvalue weighted by atomic mass is 16.6. The molecule has 1 atom stereocenters. The van der Waals surface area contributed by atoms with Gasteiger partial charge >= 0.3 is 0 Å². The zero-order chi connectivity index (χ0) is 26.6. The molecular weight excluding hydrogens is 484 g/mol. The van der Waals surface area contributed by atoms with Gasteiger partial charge in [-0.3, -0.25) is 9.59 Å². The third-order valence-corrected chi connectivity index (χ3v) is 7.33. The number of phenolic OH excluding ortho intramolecular Hbond substituents is 1. The number of aliphatic hydroxyl groups is 2. The average molecular weight is 509 g/mol. The van der Waals surface area contributed by atoms with Crippen LogP contribution in [0.1, 0.15) is 12.5 Å². The molecule has 1 unspecified atom stereocenters. The van der Waals surface area contributed by atoms with E-state index >= 15 is 0 Å². The molecule has 3 aromatic carbocycles. The summed E-state index contributed by atoms with van der Waals surface area (Å²) in [4.78, 5) is 32.9. The largest absolute Gasteiger partial charge is 0.507 e. The molecule has 3 heterocycles. The molecule has 0 amide bonds. The van der Waals surface area contributed by atoms with Crippen LogP contribution in [0.25, 0.3) is 38.7 Å². The Morgan fingerprint density at radius 1 is 1.14 bits per heavy atom. The molecule has 0 saturated carbocycles. The van der Waals surface area contributed by atoms with E-state index in [1.165, 1.54) is 19.9 Å². The Labute approximate surface area is 208 Å². The second kappa shape index (κ2) is 7.22. The lowest BCUT2D eigenvalue weighted by atomic mass is 9.98. The van der Waals surface area contributed by atoms with Gasteiger partial charge in [-0.25, -0.2) is 10.2 Å². The van der Waals surface area contributed by atoms with E-state index in [0.717, 1.165) is 0 Å². The molecule has 6 rings (SSSR count). The smallest absolute Gasteiger partial charge is 0.264 e. The van der Waals surface area contributed by atoms with E-state index < -0.39 is 28.2 Å². The van der Waals surface area contributed by atoms with Crippen LogP contribution in [0.3, 0.4) is 0 Å². The van der Waals surface area contributed by atoms with Gasteiger partial charge in [0.15, 0.2) is 22.4 Å². The summed E-state index contributed by atoms with van der Waals surface area (Å²) in [6, 6.07) is 3.04. The highest BCUT2D eigenvalue weighted by Gasteiger charge is 2.40. The molecule has 2 aliphatic rings. The second-order valence-corrected chi connectivity index (χ2v) is 10.1. The minimum Gasteiger partial charge on any atom is -0.507 e. The molecule has 1 aromatic heterocycles. The number of quaternary nitrogens is 1. The first-order valence-corrected chi connectivity index (χ1v) is 11.7. The van der Waals surface area contributed by atoms with Crippen molar-refractivity contribution in [2.75, 3.05) is 43.9 Å². The zero-order valence-corrected chi connectivity index (χ0v) is 20.3. The van der Waals surface area contributed by atoms with E-state index in [2.05, 4.69) is 4.98 Å². The van der Waals surface area contributed by atoms with Gasteiger partial charge in [-0.1, -0.05) is 0 Å². The number of ether oxygens (including phenoxy) is 1. The Hall–Kier alpha value is -4.13. The van der Waals surface area contributed by atoms with Gasteiger partial charge in [0.2, 0.25) is 10.9 Å². The van der Waals surface area contributed by atoms with Gasteiger partial charge in [0.25, 0.3) is 5.79 Å². The van der Waals surface area contributed by atoms with E-state index in [-0.39, 0.29) is 59.8 Å². The quantitative estimate of drug-likeness (QED) is 0.105. The van der Waals surface area contributed by atoms with Crippen LogP contribution in [0.2, 0.25) is 0 Å². The molecule has 12 nitrogen and oxygen atoms in total. The molecule has 37 heavy (non-hydrogen) atoms. The topological polar surface area (TPSA) is 180 Å². The summed E-state index contributed by atoms with van der Waals surface area (Å²) in [5.41, 5.74) is 5.17. The standard InChI is InChI=1S/C25H24N4O8/c1-10-20(31)15-14(16-22(10)37-25(2,34)24(16)33)19-23(17(26)21(15)32)36-13-9-11(8-12(30)18(13)27-19)28-4-6-29(3,35)7-5-28/h8-9,34-35H,4-7H2,1-3H3,(H3-,26,27,30,31,32,33)/p+1. The lowest BCUT2D eigenvalue weighted by Crippen LogP contribution is -2.55. The van der Waals surface area contributed by atoms with Crippen molar-refractivity contribution < 1.29 is 34.3 Å². The highest BCUT2D eigenvalue weighted by molar-refractivity contribution is 6.13. The molecule has 1 fully saturated rings. The van der Waals surface area contributed by atoms with Crippen molar-refractivity contribution >= 4 is 50.1 Å². The number of nitrogen functional groups attached to an aromatic ring is 1. The van der Waals surface area contributed by atoms with Gasteiger partial charge in [0.05, 0.1) is 30.7 Å². The third-order valence-electron chi connectivity index (χ3n) is 7.33. The molecule has 192 valence electrons. The lowest BCUT2D eigenvalue weighted by Gasteiger charge is -2.36. The molecule has 12 heteroatoms. The van der Waals surface area contributed by atoms with Crippen LogP contribution in [0.15, 0.2) is 26.1 Å². The van der Waals surface area contributed by atoms with E-state index in [1.54, 1.807) is 13.1 Å². The molecular formula is C25H25N4O8+. The van der Waals surface area contributed by atoms with E-state index in [0.29, 0.717) is 31.9 Å². The van der Waals surface area contributed by atoms with Crippen LogP contribution in [0.4, 0.5) is 11.4 Å². The van der Waals surface area contributed by atoms with Crippen molar-refractivity contribution in [1.29, 1.82) is 0 Å². The van der Waals surface area contributed by atoms with Crippen molar-refractivity contribution in [2.24, 2.45) is 0 Å². The predicted molar refractivity (Wildman–Crippen MR) is 135 cm³/mol. The fraction of sp³-hybridized carbons (Fsp3) is 0.320. The lowest BCUT2D eigenvalue weighted by molar-refractivity contribution is -1.09. The van der Waals surface area contributed by atoms with Crippen LogP contribution in [0, 0.1) is 6.92 Å². The normalized spacial score (nSPS) is 21.1. The molecule has 6 N–H and O–H groups in total. The number of hydrogen-bond acceptors (Lipinski definition) is 11. The number of hydroxylamine groups is 3. The molecule has 0 spiro atoms. The number of aliphatic hydroxyl groups excluding tert-OH is 1. The van der Waals surface area contributed by atoms with Crippen molar-refractivity contribution in [3.63, 3.8) is 0 Å². The summed E-state index contributed by atoms with van der Waals surface area (Å²) in [5.74, 6) is -3.18. The molecule has 0 bridgehead atoms. The van der Waals surface area contributed by atoms with Gasteiger partial charge in [0.1, 0.15) is 35.8 Å². The van der Waals surface area contributed by atoms with Crippen LogP contribution in [0.5, 0.6) is 11.5 Å². The molecule has 0 aliphatic carbocycles. The number of hydrogen-bond donors (Lipinski definition) is 5. The maximum Gasteiger partial charge on any atom is 0.264 e. The Balaban J connectivity index is 1.71. The Morgan fingerprint density at radius 2 is 1.81 bits per heavy atom.